The van der Waals surface area contributed by atoms with Gasteiger partial charge in [0.1, 0.15) is 5.41 Å². The maximum absolute atomic E-state index is 9.20. The second kappa shape index (κ2) is 3.64. The van der Waals surface area contributed by atoms with Crippen molar-refractivity contribution in [3.05, 3.63) is 23.3 Å². The van der Waals surface area contributed by atoms with Crippen molar-refractivity contribution in [2.75, 3.05) is 20.0 Å². The van der Waals surface area contributed by atoms with E-state index >= 15 is 0 Å². The maximum atomic E-state index is 9.20. The Bertz CT molecular complexity index is 500. The molecule has 17 heavy (non-hydrogen) atoms. The zero-order valence-electron chi connectivity index (χ0n) is 9.66. The van der Waals surface area contributed by atoms with Gasteiger partial charge in [0.05, 0.1) is 19.3 Å². The molecule has 4 nitrogen and oxygen atoms in total. The molecule has 88 valence electrons. The highest BCUT2D eigenvalue weighted by Gasteiger charge is 2.39. The summed E-state index contributed by atoms with van der Waals surface area (Å²) in [5.74, 6) is 1.57. The predicted molar refractivity (Wildman–Crippen MR) is 59.9 cm³/mol. The van der Waals surface area contributed by atoms with Crippen molar-refractivity contribution in [2.45, 2.75) is 13.3 Å². The summed E-state index contributed by atoms with van der Waals surface area (Å²) in [6.45, 7) is 3.36. The number of benzene rings is 1. The van der Waals surface area contributed by atoms with Gasteiger partial charge in [0.15, 0.2) is 11.5 Å². The first-order chi connectivity index (χ1) is 8.22. The number of fused-ring (bicyclic) bond motifs is 1. The molecule has 2 aliphatic heterocycles. The van der Waals surface area contributed by atoms with Crippen molar-refractivity contribution in [1.29, 1.82) is 5.26 Å². The summed E-state index contributed by atoms with van der Waals surface area (Å²) < 4.78 is 15.8. The number of ether oxygens (including phenoxy) is 3. The summed E-state index contributed by atoms with van der Waals surface area (Å²) in [5.41, 5.74) is 1.92. The Kier molecular flexibility index (Phi) is 2.23. The van der Waals surface area contributed by atoms with E-state index in [1.54, 1.807) is 0 Å². The van der Waals surface area contributed by atoms with Crippen molar-refractivity contribution in [1.82, 2.24) is 0 Å². The van der Waals surface area contributed by atoms with Gasteiger partial charge in [-0.1, -0.05) is 0 Å². The van der Waals surface area contributed by atoms with Gasteiger partial charge in [-0.15, -0.1) is 0 Å². The topological polar surface area (TPSA) is 51.5 Å². The Morgan fingerprint density at radius 3 is 2.59 bits per heavy atom. The maximum Gasteiger partial charge on any atom is 0.231 e. The Morgan fingerprint density at radius 1 is 1.29 bits per heavy atom. The normalized spacial score (nSPS) is 19.5. The van der Waals surface area contributed by atoms with Crippen LogP contribution in [0.25, 0.3) is 0 Å². The van der Waals surface area contributed by atoms with Gasteiger partial charge in [0.25, 0.3) is 0 Å². The molecule has 0 spiro atoms. The van der Waals surface area contributed by atoms with Crippen molar-refractivity contribution in [3.63, 3.8) is 0 Å². The lowest BCUT2D eigenvalue weighted by Gasteiger charge is -2.35. The van der Waals surface area contributed by atoms with Crippen LogP contribution in [0.1, 0.15) is 11.1 Å². The molecule has 0 saturated carbocycles. The quantitative estimate of drug-likeness (QED) is 0.778. The first kappa shape index (κ1) is 10.4. The van der Waals surface area contributed by atoms with E-state index in [-0.39, 0.29) is 12.2 Å². The molecule has 0 radical (unpaired) electrons. The molecule has 1 aromatic rings. The largest absolute Gasteiger partial charge is 0.454 e. The predicted octanol–water partition coefficient (Wildman–Crippen LogP) is 1.81. The van der Waals surface area contributed by atoms with E-state index in [0.717, 1.165) is 22.6 Å². The van der Waals surface area contributed by atoms with Crippen LogP contribution in [-0.4, -0.2) is 20.0 Å². The zero-order chi connectivity index (χ0) is 11.9. The molecule has 0 amide bonds. The van der Waals surface area contributed by atoms with Gasteiger partial charge in [0, 0.05) is 0 Å². The molecule has 1 aromatic carbocycles. The van der Waals surface area contributed by atoms with Crippen LogP contribution < -0.4 is 9.47 Å². The van der Waals surface area contributed by atoms with Gasteiger partial charge in [-0.2, -0.15) is 5.26 Å². The van der Waals surface area contributed by atoms with Crippen LogP contribution in [0.15, 0.2) is 12.1 Å². The second-order valence-electron chi connectivity index (χ2n) is 4.69. The summed E-state index contributed by atoms with van der Waals surface area (Å²) in [5, 5.41) is 9.20. The van der Waals surface area contributed by atoms with Gasteiger partial charge >= 0.3 is 0 Å². The zero-order valence-corrected chi connectivity index (χ0v) is 9.66. The number of rotatable bonds is 2. The van der Waals surface area contributed by atoms with E-state index in [2.05, 4.69) is 6.07 Å². The molecule has 1 saturated heterocycles. The fourth-order valence-electron chi connectivity index (χ4n) is 2.20. The highest BCUT2D eigenvalue weighted by Crippen LogP contribution is 2.38. The summed E-state index contributed by atoms with van der Waals surface area (Å²) >= 11 is 0. The van der Waals surface area contributed by atoms with E-state index in [1.165, 1.54) is 0 Å². The molecule has 0 unspecified atom stereocenters. The fraction of sp³-hybridized carbons (Fsp3) is 0.462. The van der Waals surface area contributed by atoms with E-state index in [0.29, 0.717) is 19.6 Å². The molecular weight excluding hydrogens is 218 g/mol. The monoisotopic (exact) mass is 231 g/mol. The SMILES string of the molecule is Cc1cc2c(cc1CC1(C#N)COC1)OCO2. The number of hydrogen-bond acceptors (Lipinski definition) is 4. The van der Waals surface area contributed by atoms with Crippen LogP contribution >= 0.6 is 0 Å². The number of hydrogen-bond donors (Lipinski definition) is 0. The Hall–Kier alpha value is -1.73. The molecule has 0 N–H and O–H groups in total. The fourth-order valence-corrected chi connectivity index (χ4v) is 2.20. The minimum atomic E-state index is -0.349. The van der Waals surface area contributed by atoms with E-state index in [1.807, 2.05) is 19.1 Å². The van der Waals surface area contributed by atoms with Crippen LogP contribution in [0.5, 0.6) is 11.5 Å². The lowest BCUT2D eigenvalue weighted by atomic mass is 9.80. The van der Waals surface area contributed by atoms with Crippen molar-refractivity contribution >= 4 is 0 Å². The van der Waals surface area contributed by atoms with Gasteiger partial charge in [-0.05, 0) is 36.6 Å². The lowest BCUT2D eigenvalue weighted by Crippen LogP contribution is -2.43. The van der Waals surface area contributed by atoms with Gasteiger partial charge in [0.2, 0.25) is 6.79 Å². The minimum absolute atomic E-state index is 0.282. The molecule has 1 fully saturated rings. The average molecular weight is 231 g/mol. The molecule has 2 aliphatic rings. The summed E-state index contributed by atoms with van der Waals surface area (Å²) in [7, 11) is 0. The van der Waals surface area contributed by atoms with Gasteiger partial charge in [-0.3, -0.25) is 0 Å². The average Bonchev–Trinajstić information content (AvgIpc) is 2.70. The minimum Gasteiger partial charge on any atom is -0.454 e. The van der Waals surface area contributed by atoms with Gasteiger partial charge in [-0.25, -0.2) is 0 Å². The summed E-state index contributed by atoms with van der Waals surface area (Å²) in [6, 6.07) is 6.32. The Balaban J connectivity index is 1.91. The Morgan fingerprint density at radius 2 is 2.00 bits per heavy atom. The van der Waals surface area contributed by atoms with Crippen LogP contribution in [0.3, 0.4) is 0 Å². The third-order valence-corrected chi connectivity index (χ3v) is 3.35. The van der Waals surface area contributed by atoms with Crippen molar-refractivity contribution in [2.24, 2.45) is 5.41 Å². The third kappa shape index (κ3) is 1.63. The van der Waals surface area contributed by atoms with Crippen LogP contribution in [0.2, 0.25) is 0 Å². The molecule has 2 heterocycles. The van der Waals surface area contributed by atoms with E-state index < -0.39 is 0 Å². The highest BCUT2D eigenvalue weighted by molar-refractivity contribution is 5.49. The molecule has 3 rings (SSSR count). The van der Waals surface area contributed by atoms with Crippen molar-refractivity contribution < 1.29 is 14.2 Å². The lowest BCUT2D eigenvalue weighted by molar-refractivity contribution is -0.0766. The molecule has 4 heteroatoms. The molecule has 0 aromatic heterocycles. The van der Waals surface area contributed by atoms with E-state index in [9.17, 15) is 5.26 Å². The third-order valence-electron chi connectivity index (χ3n) is 3.35. The van der Waals surface area contributed by atoms with Crippen molar-refractivity contribution in [3.8, 4) is 17.6 Å². The molecular formula is C13H13NO3. The first-order valence-corrected chi connectivity index (χ1v) is 5.61. The van der Waals surface area contributed by atoms with Gasteiger partial charge < -0.3 is 14.2 Å². The van der Waals surface area contributed by atoms with Crippen LogP contribution in [-0.2, 0) is 11.2 Å². The summed E-state index contributed by atoms with van der Waals surface area (Å²) in [6.07, 6.45) is 0.714. The Labute approximate surface area is 99.7 Å². The highest BCUT2D eigenvalue weighted by atomic mass is 16.7. The van der Waals surface area contributed by atoms with Crippen LogP contribution in [0, 0.1) is 23.7 Å². The summed E-state index contributed by atoms with van der Waals surface area (Å²) in [4.78, 5) is 0. The smallest absolute Gasteiger partial charge is 0.231 e. The standard InChI is InChI=1S/C13H13NO3/c1-9-2-11-12(17-8-16-11)3-10(9)4-13(5-14)6-15-7-13/h2-3H,4,6-8H2,1H3. The molecule has 0 bridgehead atoms. The first-order valence-electron chi connectivity index (χ1n) is 5.61. The number of aryl methyl sites for hydroxylation is 1. The molecule has 0 atom stereocenters. The molecule has 0 aliphatic carbocycles. The number of nitriles is 1. The van der Waals surface area contributed by atoms with Crippen LogP contribution in [0.4, 0.5) is 0 Å². The number of nitrogens with zero attached hydrogens (tertiary/aromatic N) is 1. The van der Waals surface area contributed by atoms with E-state index in [4.69, 9.17) is 14.2 Å². The second-order valence-corrected chi connectivity index (χ2v) is 4.69.